The van der Waals surface area contributed by atoms with E-state index >= 15 is 0 Å². The number of benzene rings is 1. The molecule has 3 nitrogen and oxygen atoms in total. The molecule has 1 aromatic rings. The first-order chi connectivity index (χ1) is 9.31. The van der Waals surface area contributed by atoms with Crippen LogP contribution >= 0.6 is 0 Å². The molecule has 0 aromatic heterocycles. The maximum atomic E-state index is 8.62. The normalized spacial score (nSPS) is 18.3. The smallest absolute Gasteiger partial charge is 0.0697 e. The first-order valence-electron chi connectivity index (χ1n) is 7.32. The van der Waals surface area contributed by atoms with Gasteiger partial charge in [-0.1, -0.05) is 23.8 Å². The van der Waals surface area contributed by atoms with Gasteiger partial charge in [0.15, 0.2) is 0 Å². The zero-order chi connectivity index (χ0) is 13.5. The van der Waals surface area contributed by atoms with Crippen molar-refractivity contribution in [3.05, 3.63) is 34.9 Å². The van der Waals surface area contributed by atoms with Crippen molar-refractivity contribution >= 4 is 0 Å². The number of aliphatic hydroxyl groups is 1. The number of rotatable bonds is 7. The van der Waals surface area contributed by atoms with E-state index in [0.29, 0.717) is 12.6 Å². The summed E-state index contributed by atoms with van der Waals surface area (Å²) in [5, 5.41) is 12.3. The summed E-state index contributed by atoms with van der Waals surface area (Å²) in [6, 6.07) is 7.32. The van der Waals surface area contributed by atoms with Gasteiger partial charge in [-0.05, 0) is 50.3 Å². The van der Waals surface area contributed by atoms with E-state index in [4.69, 9.17) is 9.84 Å². The minimum Gasteiger partial charge on any atom is -0.394 e. The third kappa shape index (κ3) is 4.30. The van der Waals surface area contributed by atoms with Crippen molar-refractivity contribution in [2.24, 2.45) is 0 Å². The van der Waals surface area contributed by atoms with Gasteiger partial charge >= 0.3 is 0 Å². The minimum atomic E-state index is 0.114. The molecule has 1 unspecified atom stereocenters. The van der Waals surface area contributed by atoms with Crippen molar-refractivity contribution in [2.75, 3.05) is 26.4 Å². The van der Waals surface area contributed by atoms with Crippen LogP contribution in [0.3, 0.4) is 0 Å². The van der Waals surface area contributed by atoms with E-state index in [9.17, 15) is 0 Å². The van der Waals surface area contributed by atoms with Gasteiger partial charge in [0.2, 0.25) is 0 Å². The molecular formula is C16H25NO2. The fourth-order valence-electron chi connectivity index (χ4n) is 2.75. The van der Waals surface area contributed by atoms with E-state index in [1.165, 1.54) is 36.0 Å². The molecule has 1 aromatic carbocycles. The second-order valence-corrected chi connectivity index (χ2v) is 5.29. The number of aliphatic hydroxyl groups excluding tert-OH is 1. The summed E-state index contributed by atoms with van der Waals surface area (Å²) < 4.78 is 5.27. The number of fused-ring (bicyclic) bond motifs is 1. The third-order valence-corrected chi connectivity index (χ3v) is 3.71. The second kappa shape index (κ2) is 7.63. The quantitative estimate of drug-likeness (QED) is 0.742. The third-order valence-electron chi connectivity index (χ3n) is 3.71. The predicted octanol–water partition coefficient (Wildman–Crippen LogP) is 2.36. The van der Waals surface area contributed by atoms with Crippen LogP contribution in [-0.4, -0.2) is 31.5 Å². The molecule has 0 saturated carbocycles. The summed E-state index contributed by atoms with van der Waals surface area (Å²) in [6.45, 7) is 4.42. The van der Waals surface area contributed by atoms with E-state index in [-0.39, 0.29) is 6.61 Å². The highest BCUT2D eigenvalue weighted by atomic mass is 16.5. The van der Waals surface area contributed by atoms with Gasteiger partial charge in [0.05, 0.1) is 13.2 Å². The second-order valence-electron chi connectivity index (χ2n) is 5.29. The molecule has 2 rings (SSSR count). The zero-order valence-corrected chi connectivity index (χ0v) is 11.8. The largest absolute Gasteiger partial charge is 0.394 e. The Labute approximate surface area is 116 Å². The van der Waals surface area contributed by atoms with Gasteiger partial charge in [-0.25, -0.2) is 0 Å². The maximum Gasteiger partial charge on any atom is 0.0697 e. The Bertz CT molecular complexity index is 392. The average molecular weight is 263 g/mol. The molecule has 0 fully saturated rings. The monoisotopic (exact) mass is 263 g/mol. The first kappa shape index (κ1) is 14.5. The highest BCUT2D eigenvalue weighted by molar-refractivity contribution is 5.35. The van der Waals surface area contributed by atoms with Crippen LogP contribution < -0.4 is 5.32 Å². The number of nitrogens with one attached hydrogen (secondary N) is 1. The summed E-state index contributed by atoms with van der Waals surface area (Å²) in [5.74, 6) is 0. The van der Waals surface area contributed by atoms with Crippen molar-refractivity contribution in [1.29, 1.82) is 0 Å². The molecule has 0 saturated heterocycles. The summed E-state index contributed by atoms with van der Waals surface area (Å²) in [5.41, 5.74) is 4.34. The topological polar surface area (TPSA) is 41.5 Å². The molecule has 19 heavy (non-hydrogen) atoms. The van der Waals surface area contributed by atoms with Crippen LogP contribution in [0.1, 0.15) is 42.0 Å². The highest BCUT2D eigenvalue weighted by Crippen LogP contribution is 2.30. The minimum absolute atomic E-state index is 0.114. The van der Waals surface area contributed by atoms with E-state index in [1.54, 1.807) is 0 Å². The molecule has 0 amide bonds. The number of ether oxygens (including phenoxy) is 1. The van der Waals surface area contributed by atoms with Crippen LogP contribution in [0.4, 0.5) is 0 Å². The zero-order valence-electron chi connectivity index (χ0n) is 11.8. The Balaban J connectivity index is 1.80. The number of aryl methyl sites for hydroxylation is 2. The summed E-state index contributed by atoms with van der Waals surface area (Å²) >= 11 is 0. The van der Waals surface area contributed by atoms with Crippen molar-refractivity contribution in [3.63, 3.8) is 0 Å². The van der Waals surface area contributed by atoms with Crippen molar-refractivity contribution in [3.8, 4) is 0 Å². The lowest BCUT2D eigenvalue weighted by molar-refractivity contribution is 0.0903. The fourth-order valence-corrected chi connectivity index (χ4v) is 2.75. The van der Waals surface area contributed by atoms with E-state index in [2.05, 4.69) is 30.4 Å². The van der Waals surface area contributed by atoms with Crippen LogP contribution in [0.25, 0.3) is 0 Å². The molecule has 1 aliphatic rings. The SMILES string of the molecule is Cc1ccc2c(c1)C(NCCCOCCO)CCC2. The highest BCUT2D eigenvalue weighted by Gasteiger charge is 2.19. The molecule has 0 spiro atoms. The lowest BCUT2D eigenvalue weighted by Crippen LogP contribution is -2.27. The van der Waals surface area contributed by atoms with Gasteiger partial charge in [0, 0.05) is 12.6 Å². The average Bonchev–Trinajstić information content (AvgIpc) is 2.43. The van der Waals surface area contributed by atoms with Crippen LogP contribution in [0.2, 0.25) is 0 Å². The predicted molar refractivity (Wildman–Crippen MR) is 77.4 cm³/mol. The van der Waals surface area contributed by atoms with Crippen LogP contribution in [-0.2, 0) is 11.2 Å². The van der Waals surface area contributed by atoms with Gasteiger partial charge in [-0.2, -0.15) is 0 Å². The Kier molecular flexibility index (Phi) is 5.83. The molecule has 1 atom stereocenters. The molecular weight excluding hydrogens is 238 g/mol. The lowest BCUT2D eigenvalue weighted by atomic mass is 9.86. The summed E-state index contributed by atoms with van der Waals surface area (Å²) in [6.07, 6.45) is 4.72. The van der Waals surface area contributed by atoms with Crippen molar-refractivity contribution in [2.45, 2.75) is 38.6 Å². The summed E-state index contributed by atoms with van der Waals surface area (Å²) in [4.78, 5) is 0. The van der Waals surface area contributed by atoms with Crippen molar-refractivity contribution in [1.82, 2.24) is 5.32 Å². The Hall–Kier alpha value is -0.900. The molecule has 0 bridgehead atoms. The van der Waals surface area contributed by atoms with Gasteiger partial charge in [0.1, 0.15) is 0 Å². The Morgan fingerprint density at radius 2 is 2.26 bits per heavy atom. The maximum absolute atomic E-state index is 8.62. The molecule has 106 valence electrons. The first-order valence-corrected chi connectivity index (χ1v) is 7.32. The van der Waals surface area contributed by atoms with Crippen LogP contribution in [0.15, 0.2) is 18.2 Å². The van der Waals surface area contributed by atoms with Gasteiger partial charge in [-0.3, -0.25) is 0 Å². The molecule has 2 N–H and O–H groups in total. The molecule has 1 aliphatic carbocycles. The van der Waals surface area contributed by atoms with Gasteiger partial charge in [0.25, 0.3) is 0 Å². The Morgan fingerprint density at radius 3 is 3.11 bits per heavy atom. The summed E-state index contributed by atoms with van der Waals surface area (Å²) in [7, 11) is 0. The van der Waals surface area contributed by atoms with Gasteiger partial charge < -0.3 is 15.2 Å². The Morgan fingerprint density at radius 1 is 1.37 bits per heavy atom. The lowest BCUT2D eigenvalue weighted by Gasteiger charge is -2.27. The van der Waals surface area contributed by atoms with E-state index in [0.717, 1.165) is 19.6 Å². The van der Waals surface area contributed by atoms with E-state index in [1.807, 2.05) is 0 Å². The number of hydrogen-bond acceptors (Lipinski definition) is 3. The standard InChI is InChI=1S/C16H25NO2/c1-13-6-7-14-4-2-5-16(15(14)12-13)17-8-3-10-19-11-9-18/h6-7,12,16-18H,2-5,8-11H2,1H3. The molecule has 0 heterocycles. The number of hydrogen-bond donors (Lipinski definition) is 2. The van der Waals surface area contributed by atoms with E-state index < -0.39 is 0 Å². The van der Waals surface area contributed by atoms with Crippen LogP contribution in [0.5, 0.6) is 0 Å². The molecule has 0 aliphatic heterocycles. The fraction of sp³-hybridized carbons (Fsp3) is 0.625. The molecule has 0 radical (unpaired) electrons. The van der Waals surface area contributed by atoms with Gasteiger partial charge in [-0.15, -0.1) is 0 Å². The van der Waals surface area contributed by atoms with Crippen LogP contribution in [0, 0.1) is 6.92 Å². The molecule has 3 heteroatoms. The van der Waals surface area contributed by atoms with Crippen molar-refractivity contribution < 1.29 is 9.84 Å².